The number of aryl methyl sites for hydroxylation is 1. The number of nitrogens with one attached hydrogen (secondary N) is 1. The van der Waals surface area contributed by atoms with Crippen LogP contribution in [0.4, 0.5) is 5.69 Å². The molecule has 7 heteroatoms. The van der Waals surface area contributed by atoms with Crippen molar-refractivity contribution in [1.82, 2.24) is 4.90 Å². The fourth-order valence-corrected chi connectivity index (χ4v) is 5.52. The molecule has 3 aliphatic rings. The number of ether oxygens (including phenoxy) is 2. The van der Waals surface area contributed by atoms with Crippen LogP contribution in [0.1, 0.15) is 48.6 Å². The molecule has 2 amide bonds. The second-order valence-electron chi connectivity index (χ2n) is 10.6. The first kappa shape index (κ1) is 24.5. The molecule has 2 N–H and O–H groups in total. The lowest BCUT2D eigenvalue weighted by atomic mass is 9.94. The SMILES string of the molecule is Cc1ccc(NC(=O)C2(c3ccc4c(c3)OCO4)CC2)cc1-c1ccc(C(=O)N2CCC(CO)CC2)cc1.[HH]. The van der Waals surface area contributed by atoms with Crippen LogP contribution in [-0.2, 0) is 10.2 Å². The first-order chi connectivity index (χ1) is 18.5. The topological polar surface area (TPSA) is 88.1 Å². The van der Waals surface area contributed by atoms with E-state index in [1.165, 1.54) is 0 Å². The molecule has 0 bridgehead atoms. The van der Waals surface area contributed by atoms with Gasteiger partial charge in [0.2, 0.25) is 12.7 Å². The zero-order chi connectivity index (χ0) is 26.3. The van der Waals surface area contributed by atoms with E-state index in [-0.39, 0.29) is 26.6 Å². The Kier molecular flexibility index (Phi) is 6.32. The van der Waals surface area contributed by atoms with E-state index in [4.69, 9.17) is 9.47 Å². The molecule has 198 valence electrons. The van der Waals surface area contributed by atoms with E-state index in [1.54, 1.807) is 0 Å². The Bertz CT molecular complexity index is 1380. The number of nitrogens with zero attached hydrogens (tertiary/aromatic N) is 1. The third kappa shape index (κ3) is 4.52. The molecule has 3 aromatic carbocycles. The largest absolute Gasteiger partial charge is 0.454 e. The molecule has 0 unspecified atom stereocenters. The molecule has 1 saturated heterocycles. The summed E-state index contributed by atoms with van der Waals surface area (Å²) in [4.78, 5) is 28.2. The van der Waals surface area contributed by atoms with Gasteiger partial charge in [-0.2, -0.15) is 0 Å². The van der Waals surface area contributed by atoms with Crippen molar-refractivity contribution >= 4 is 17.5 Å². The number of aliphatic hydroxyl groups excluding tert-OH is 1. The molecule has 2 fully saturated rings. The van der Waals surface area contributed by atoms with E-state index in [2.05, 4.69) is 5.32 Å². The van der Waals surface area contributed by atoms with Crippen LogP contribution in [0, 0.1) is 12.8 Å². The van der Waals surface area contributed by atoms with Crippen LogP contribution in [0.25, 0.3) is 11.1 Å². The van der Waals surface area contributed by atoms with Gasteiger partial charge < -0.3 is 24.8 Å². The highest BCUT2D eigenvalue weighted by atomic mass is 16.7. The van der Waals surface area contributed by atoms with Gasteiger partial charge in [0.25, 0.3) is 5.91 Å². The van der Waals surface area contributed by atoms with Crippen LogP contribution in [0.3, 0.4) is 0 Å². The number of piperidine rings is 1. The molecule has 7 nitrogen and oxygen atoms in total. The van der Waals surface area contributed by atoms with Crippen LogP contribution in [-0.4, -0.2) is 48.3 Å². The zero-order valence-electron chi connectivity index (χ0n) is 21.5. The summed E-state index contributed by atoms with van der Waals surface area (Å²) in [7, 11) is 0. The number of hydrogen-bond acceptors (Lipinski definition) is 5. The molecule has 0 spiro atoms. The number of benzene rings is 3. The summed E-state index contributed by atoms with van der Waals surface area (Å²) in [5.41, 5.74) is 4.91. The first-order valence-electron chi connectivity index (χ1n) is 13.3. The Morgan fingerprint density at radius 2 is 1.74 bits per heavy atom. The Hall–Kier alpha value is -3.84. The number of rotatable bonds is 6. The maximum absolute atomic E-state index is 13.4. The van der Waals surface area contributed by atoms with Crippen molar-refractivity contribution in [2.24, 2.45) is 5.92 Å². The minimum Gasteiger partial charge on any atom is -0.454 e. The van der Waals surface area contributed by atoms with Crippen molar-refractivity contribution in [2.45, 2.75) is 38.0 Å². The lowest BCUT2D eigenvalue weighted by Crippen LogP contribution is -2.39. The fourth-order valence-electron chi connectivity index (χ4n) is 5.52. The average molecular weight is 515 g/mol. The molecular weight excluding hydrogens is 480 g/mol. The molecule has 2 heterocycles. The Morgan fingerprint density at radius 3 is 2.45 bits per heavy atom. The predicted octanol–water partition coefficient (Wildman–Crippen LogP) is 5.15. The Labute approximate surface area is 223 Å². The van der Waals surface area contributed by atoms with E-state index in [0.29, 0.717) is 36.1 Å². The van der Waals surface area contributed by atoms with Gasteiger partial charge in [-0.05, 0) is 97.2 Å². The van der Waals surface area contributed by atoms with Crippen molar-refractivity contribution in [3.63, 3.8) is 0 Å². The van der Waals surface area contributed by atoms with E-state index in [9.17, 15) is 14.7 Å². The smallest absolute Gasteiger partial charge is 0.253 e. The van der Waals surface area contributed by atoms with Crippen LogP contribution in [0.5, 0.6) is 11.5 Å². The maximum Gasteiger partial charge on any atom is 0.253 e. The highest BCUT2D eigenvalue weighted by Crippen LogP contribution is 2.51. The second kappa shape index (κ2) is 9.80. The highest BCUT2D eigenvalue weighted by molar-refractivity contribution is 6.02. The van der Waals surface area contributed by atoms with Gasteiger partial charge in [-0.25, -0.2) is 0 Å². The van der Waals surface area contributed by atoms with Crippen molar-refractivity contribution in [1.29, 1.82) is 0 Å². The highest BCUT2D eigenvalue weighted by Gasteiger charge is 2.51. The Balaban J connectivity index is 0.00000308. The van der Waals surface area contributed by atoms with Crippen molar-refractivity contribution < 1.29 is 25.6 Å². The van der Waals surface area contributed by atoms with E-state index in [0.717, 1.165) is 53.6 Å². The number of carbonyl (C=O) groups is 2. The second-order valence-corrected chi connectivity index (χ2v) is 10.6. The van der Waals surface area contributed by atoms with Gasteiger partial charge in [0.15, 0.2) is 11.5 Å². The fraction of sp³-hybridized carbons (Fsp3) is 0.355. The number of fused-ring (bicyclic) bond motifs is 1. The normalized spacial score (nSPS) is 17.8. The minimum atomic E-state index is -0.542. The van der Waals surface area contributed by atoms with Crippen LogP contribution in [0.15, 0.2) is 60.7 Å². The van der Waals surface area contributed by atoms with Gasteiger partial charge in [0.1, 0.15) is 0 Å². The molecule has 1 saturated carbocycles. The molecule has 2 aliphatic heterocycles. The third-order valence-electron chi connectivity index (χ3n) is 8.21. The van der Waals surface area contributed by atoms with Crippen LogP contribution >= 0.6 is 0 Å². The average Bonchev–Trinajstić information content (AvgIpc) is 3.64. The quantitative estimate of drug-likeness (QED) is 0.475. The third-order valence-corrected chi connectivity index (χ3v) is 8.21. The first-order valence-corrected chi connectivity index (χ1v) is 13.3. The van der Waals surface area contributed by atoms with Crippen molar-refractivity contribution in [3.8, 4) is 22.6 Å². The predicted molar refractivity (Wildman–Crippen MR) is 147 cm³/mol. The molecule has 6 rings (SSSR count). The molecule has 0 aromatic heterocycles. The van der Waals surface area contributed by atoms with Gasteiger partial charge in [-0.15, -0.1) is 0 Å². The number of anilines is 1. The zero-order valence-corrected chi connectivity index (χ0v) is 21.5. The number of carbonyl (C=O) groups excluding carboxylic acids is 2. The summed E-state index contributed by atoms with van der Waals surface area (Å²) in [6.45, 7) is 3.80. The summed E-state index contributed by atoms with van der Waals surface area (Å²) in [5.74, 6) is 1.72. The van der Waals surface area contributed by atoms with E-state index in [1.807, 2.05) is 72.5 Å². The van der Waals surface area contributed by atoms with Gasteiger partial charge >= 0.3 is 0 Å². The lowest BCUT2D eigenvalue weighted by molar-refractivity contribution is -0.118. The van der Waals surface area contributed by atoms with E-state index >= 15 is 0 Å². The van der Waals surface area contributed by atoms with Gasteiger partial charge in [0, 0.05) is 32.4 Å². The minimum absolute atomic E-state index is 0. The molecule has 0 radical (unpaired) electrons. The maximum atomic E-state index is 13.4. The molecule has 38 heavy (non-hydrogen) atoms. The number of amides is 2. The lowest BCUT2D eigenvalue weighted by Gasteiger charge is -2.31. The monoisotopic (exact) mass is 514 g/mol. The summed E-state index contributed by atoms with van der Waals surface area (Å²) < 4.78 is 10.9. The standard InChI is InChI=1S/C31H32N2O5.H2/c1-20-2-8-25(32-30(36)31(12-13-31)24-7-9-27-28(16-24)38-19-37-27)17-26(20)22-3-5-23(6-4-22)29(35)33-14-10-21(18-34)11-15-33;/h2-9,16-17,21,34H,10-15,18-19H2,1H3,(H,32,36);1H. The van der Waals surface area contributed by atoms with Crippen molar-refractivity contribution in [2.75, 3.05) is 31.8 Å². The van der Waals surface area contributed by atoms with Gasteiger partial charge in [0.05, 0.1) is 5.41 Å². The molecule has 1 aliphatic carbocycles. The molecule has 0 atom stereocenters. The van der Waals surface area contributed by atoms with E-state index < -0.39 is 5.41 Å². The van der Waals surface area contributed by atoms with Gasteiger partial charge in [-0.1, -0.05) is 24.3 Å². The number of hydrogen-bond donors (Lipinski definition) is 2. The number of aliphatic hydroxyl groups is 1. The summed E-state index contributed by atoms with van der Waals surface area (Å²) in [5, 5.41) is 12.5. The van der Waals surface area contributed by atoms with Crippen molar-refractivity contribution in [3.05, 3.63) is 77.4 Å². The summed E-state index contributed by atoms with van der Waals surface area (Å²) in [6, 6.07) is 19.4. The number of likely N-dealkylation sites (tertiary alicyclic amines) is 1. The van der Waals surface area contributed by atoms with Crippen LogP contribution < -0.4 is 14.8 Å². The van der Waals surface area contributed by atoms with Crippen LogP contribution in [0.2, 0.25) is 0 Å². The summed E-state index contributed by atoms with van der Waals surface area (Å²) >= 11 is 0. The Morgan fingerprint density at radius 1 is 1.00 bits per heavy atom. The molecule has 3 aromatic rings. The summed E-state index contributed by atoms with van der Waals surface area (Å²) in [6.07, 6.45) is 3.27. The van der Waals surface area contributed by atoms with Gasteiger partial charge in [-0.3, -0.25) is 9.59 Å². The molecular formula is C31H34N2O5.